The van der Waals surface area contributed by atoms with Gasteiger partial charge < -0.3 is 4.74 Å². The van der Waals surface area contributed by atoms with Crippen molar-refractivity contribution < 1.29 is 9.53 Å². The molecule has 0 saturated carbocycles. The molecule has 0 saturated heterocycles. The van der Waals surface area contributed by atoms with E-state index in [1.807, 2.05) is 0 Å². The van der Waals surface area contributed by atoms with Crippen molar-refractivity contribution in [2.24, 2.45) is 0 Å². The summed E-state index contributed by atoms with van der Waals surface area (Å²) in [6.07, 6.45) is 12.5. The molecule has 100 valence electrons. The first-order valence-electron chi connectivity index (χ1n) is 7.03. The van der Waals surface area contributed by atoms with Crippen LogP contribution in [-0.2, 0) is 9.53 Å². The van der Waals surface area contributed by atoms with E-state index in [2.05, 4.69) is 19.9 Å². The number of hydrogen-bond donors (Lipinski definition) is 0. The van der Waals surface area contributed by atoms with Crippen LogP contribution in [0.3, 0.4) is 0 Å². The largest absolute Gasteiger partial charge is 0.466 e. The van der Waals surface area contributed by atoms with Gasteiger partial charge in [-0.3, -0.25) is 0 Å². The molecule has 0 N–H and O–H groups in total. The monoisotopic (exact) mass is 240 g/mol. The lowest BCUT2D eigenvalue weighted by Gasteiger charge is -2.04. The van der Waals surface area contributed by atoms with E-state index in [9.17, 15) is 4.79 Å². The maximum Gasteiger partial charge on any atom is 0.333 e. The zero-order chi connectivity index (χ0) is 12.9. The highest BCUT2D eigenvalue weighted by Gasteiger charge is 2.07. The fraction of sp³-hybridized carbons (Fsp3) is 0.800. The van der Waals surface area contributed by atoms with Gasteiger partial charge >= 0.3 is 5.97 Å². The Morgan fingerprint density at radius 2 is 1.65 bits per heavy atom. The molecule has 0 aliphatic rings. The Balaban J connectivity index is 3.89. The Morgan fingerprint density at radius 1 is 1.00 bits per heavy atom. The second-order valence-electron chi connectivity index (χ2n) is 4.53. The maximum absolute atomic E-state index is 11.5. The van der Waals surface area contributed by atoms with Crippen LogP contribution in [0, 0.1) is 0 Å². The van der Waals surface area contributed by atoms with Gasteiger partial charge in [-0.1, -0.05) is 52.0 Å². The number of hydrogen-bond acceptors (Lipinski definition) is 2. The molecule has 0 aliphatic carbocycles. The highest BCUT2D eigenvalue weighted by Crippen LogP contribution is 2.12. The molecule has 17 heavy (non-hydrogen) atoms. The van der Waals surface area contributed by atoms with Gasteiger partial charge in [-0.15, -0.1) is 0 Å². The first kappa shape index (κ1) is 16.2. The van der Waals surface area contributed by atoms with E-state index >= 15 is 0 Å². The normalized spacial score (nSPS) is 11.6. The van der Waals surface area contributed by atoms with Gasteiger partial charge in [0, 0.05) is 5.57 Å². The van der Waals surface area contributed by atoms with Crippen molar-refractivity contribution >= 4 is 5.97 Å². The van der Waals surface area contributed by atoms with Gasteiger partial charge in [0.05, 0.1) is 7.11 Å². The van der Waals surface area contributed by atoms with Crippen LogP contribution in [0.5, 0.6) is 0 Å². The summed E-state index contributed by atoms with van der Waals surface area (Å²) < 4.78 is 4.80. The van der Waals surface area contributed by atoms with Crippen LogP contribution in [0.2, 0.25) is 0 Å². The number of carbonyl (C=O) groups excluding carboxylic acids is 1. The third-order valence-corrected chi connectivity index (χ3v) is 2.95. The second-order valence-corrected chi connectivity index (χ2v) is 4.53. The lowest BCUT2D eigenvalue weighted by molar-refractivity contribution is -0.136. The van der Waals surface area contributed by atoms with Gasteiger partial charge in [0.15, 0.2) is 0 Å². The van der Waals surface area contributed by atoms with Crippen molar-refractivity contribution in [3.05, 3.63) is 11.6 Å². The predicted molar refractivity (Wildman–Crippen MR) is 73.0 cm³/mol. The molecular weight excluding hydrogens is 212 g/mol. The van der Waals surface area contributed by atoms with Crippen LogP contribution in [0.25, 0.3) is 0 Å². The van der Waals surface area contributed by atoms with Crippen LogP contribution in [0.1, 0.15) is 71.6 Å². The number of rotatable bonds is 10. The summed E-state index contributed by atoms with van der Waals surface area (Å²) in [7, 11) is 1.46. The number of methoxy groups -OCH3 is 1. The standard InChI is InChI=1S/C15H28O2/c1-4-6-8-9-10-11-13-14(12-7-5-2)15(16)17-3/h13H,4-12H2,1-3H3. The van der Waals surface area contributed by atoms with Crippen molar-refractivity contribution in [3.63, 3.8) is 0 Å². The summed E-state index contributed by atoms with van der Waals surface area (Å²) >= 11 is 0. The molecular formula is C15H28O2. The molecule has 0 aromatic carbocycles. The van der Waals surface area contributed by atoms with Gasteiger partial charge in [0.25, 0.3) is 0 Å². The molecule has 0 bridgehead atoms. The van der Waals surface area contributed by atoms with Crippen molar-refractivity contribution in [1.82, 2.24) is 0 Å². The number of unbranched alkanes of at least 4 members (excludes halogenated alkanes) is 6. The number of ether oxygens (including phenoxy) is 1. The smallest absolute Gasteiger partial charge is 0.333 e. The van der Waals surface area contributed by atoms with Crippen molar-refractivity contribution in [2.75, 3.05) is 7.11 Å². The van der Waals surface area contributed by atoms with Gasteiger partial charge in [0.1, 0.15) is 0 Å². The fourth-order valence-electron chi connectivity index (χ4n) is 1.81. The summed E-state index contributed by atoms with van der Waals surface area (Å²) in [5.74, 6) is -0.146. The van der Waals surface area contributed by atoms with Crippen molar-refractivity contribution in [2.45, 2.75) is 71.6 Å². The third kappa shape index (κ3) is 8.96. The summed E-state index contributed by atoms with van der Waals surface area (Å²) in [4.78, 5) is 11.5. The predicted octanol–water partition coefficient (Wildman–Crippen LogP) is 4.64. The summed E-state index contributed by atoms with van der Waals surface area (Å²) in [6, 6.07) is 0. The van der Waals surface area contributed by atoms with Gasteiger partial charge in [-0.25, -0.2) is 4.79 Å². The molecule has 0 fully saturated rings. The van der Waals surface area contributed by atoms with E-state index in [0.29, 0.717) is 0 Å². The number of esters is 1. The molecule has 0 radical (unpaired) electrons. The minimum atomic E-state index is -0.146. The van der Waals surface area contributed by atoms with Crippen LogP contribution in [-0.4, -0.2) is 13.1 Å². The molecule has 0 spiro atoms. The van der Waals surface area contributed by atoms with Gasteiger partial charge in [0.2, 0.25) is 0 Å². The number of carbonyl (C=O) groups is 1. The topological polar surface area (TPSA) is 26.3 Å². The highest BCUT2D eigenvalue weighted by molar-refractivity contribution is 5.88. The number of allylic oxidation sites excluding steroid dienone is 1. The molecule has 2 heteroatoms. The molecule has 0 heterocycles. The van der Waals surface area contributed by atoms with Gasteiger partial charge in [-0.05, 0) is 25.7 Å². The Bertz CT molecular complexity index is 219. The quantitative estimate of drug-likeness (QED) is 0.316. The zero-order valence-electron chi connectivity index (χ0n) is 11.8. The molecule has 0 amide bonds. The lowest BCUT2D eigenvalue weighted by atomic mass is 10.1. The summed E-state index contributed by atoms with van der Waals surface area (Å²) in [6.45, 7) is 4.36. The molecule has 2 nitrogen and oxygen atoms in total. The minimum Gasteiger partial charge on any atom is -0.466 e. The fourth-order valence-corrected chi connectivity index (χ4v) is 1.81. The van der Waals surface area contributed by atoms with Gasteiger partial charge in [-0.2, -0.15) is 0 Å². The first-order chi connectivity index (χ1) is 8.26. The Labute approximate surface area is 106 Å². The molecule has 0 aromatic heterocycles. The maximum atomic E-state index is 11.5. The van der Waals surface area contributed by atoms with Crippen LogP contribution >= 0.6 is 0 Å². The molecule has 0 rings (SSSR count). The molecule has 0 atom stereocenters. The van der Waals surface area contributed by atoms with Crippen molar-refractivity contribution in [3.8, 4) is 0 Å². The van der Waals surface area contributed by atoms with Crippen LogP contribution in [0.15, 0.2) is 11.6 Å². The molecule has 0 unspecified atom stereocenters. The van der Waals surface area contributed by atoms with E-state index in [-0.39, 0.29) is 5.97 Å². The average molecular weight is 240 g/mol. The van der Waals surface area contributed by atoms with Crippen LogP contribution in [0.4, 0.5) is 0 Å². The second kappa shape index (κ2) is 11.7. The molecule has 0 aromatic rings. The average Bonchev–Trinajstić information content (AvgIpc) is 2.36. The minimum absolute atomic E-state index is 0.146. The van der Waals surface area contributed by atoms with E-state index < -0.39 is 0 Å². The Hall–Kier alpha value is -0.790. The molecule has 0 aliphatic heterocycles. The van der Waals surface area contributed by atoms with Crippen molar-refractivity contribution in [1.29, 1.82) is 0 Å². The Kier molecular flexibility index (Phi) is 11.1. The van der Waals surface area contributed by atoms with E-state index in [1.54, 1.807) is 0 Å². The zero-order valence-corrected chi connectivity index (χ0v) is 11.8. The summed E-state index contributed by atoms with van der Waals surface area (Å²) in [5, 5.41) is 0. The van der Waals surface area contributed by atoms with E-state index in [1.165, 1.54) is 39.2 Å². The Morgan fingerprint density at radius 3 is 2.24 bits per heavy atom. The van der Waals surface area contributed by atoms with E-state index in [0.717, 1.165) is 31.3 Å². The third-order valence-electron chi connectivity index (χ3n) is 2.95. The lowest BCUT2D eigenvalue weighted by Crippen LogP contribution is -2.04. The SMILES string of the molecule is CCCCCCCC=C(CCCC)C(=O)OC. The van der Waals surface area contributed by atoms with E-state index in [4.69, 9.17) is 4.74 Å². The van der Waals surface area contributed by atoms with Crippen LogP contribution < -0.4 is 0 Å². The highest BCUT2D eigenvalue weighted by atomic mass is 16.5. The first-order valence-corrected chi connectivity index (χ1v) is 7.03. The summed E-state index contributed by atoms with van der Waals surface area (Å²) in [5.41, 5.74) is 0.866.